The number of benzene rings is 1. The van der Waals surface area contributed by atoms with Crippen LogP contribution in [0.2, 0.25) is 0 Å². The molecule has 3 rings (SSSR count). The molecule has 2 heterocycles. The number of rotatable bonds is 3. The minimum Gasteiger partial charge on any atom is -0.361 e. The quantitative estimate of drug-likeness (QED) is 0.770. The zero-order valence-corrected chi connectivity index (χ0v) is 12.2. The van der Waals surface area contributed by atoms with Crippen LogP contribution in [0.4, 0.5) is 5.13 Å². The number of aromatic nitrogens is 2. The number of H-pyrrole nitrogens is 1. The highest BCUT2D eigenvalue weighted by Crippen LogP contribution is 2.24. The molecule has 0 atom stereocenters. The Morgan fingerprint density at radius 3 is 3.00 bits per heavy atom. The van der Waals surface area contributed by atoms with E-state index in [0.29, 0.717) is 10.7 Å². The van der Waals surface area contributed by atoms with Crippen molar-refractivity contribution in [2.45, 2.75) is 20.3 Å². The SMILES string of the molecule is CCc1nc(NC(=O)c2cccc3cc[nH]c23)sc1C. The molecule has 3 aromatic rings. The maximum atomic E-state index is 12.4. The van der Waals surface area contributed by atoms with E-state index in [1.807, 2.05) is 37.4 Å². The molecule has 5 heteroatoms. The molecule has 0 unspecified atom stereocenters. The van der Waals surface area contributed by atoms with Crippen LogP contribution in [0.3, 0.4) is 0 Å². The first-order valence-corrected chi connectivity index (χ1v) is 7.34. The molecule has 102 valence electrons. The molecule has 4 nitrogen and oxygen atoms in total. The fourth-order valence-electron chi connectivity index (χ4n) is 2.25. The molecule has 0 aliphatic rings. The van der Waals surface area contributed by atoms with Crippen LogP contribution in [0.25, 0.3) is 10.9 Å². The summed E-state index contributed by atoms with van der Waals surface area (Å²) >= 11 is 1.52. The van der Waals surface area contributed by atoms with Crippen LogP contribution < -0.4 is 5.32 Å². The van der Waals surface area contributed by atoms with E-state index >= 15 is 0 Å². The van der Waals surface area contributed by atoms with Gasteiger partial charge in [-0.2, -0.15) is 0 Å². The molecule has 2 N–H and O–H groups in total. The van der Waals surface area contributed by atoms with E-state index in [1.165, 1.54) is 11.3 Å². The molecule has 1 amide bonds. The molecular weight excluding hydrogens is 270 g/mol. The summed E-state index contributed by atoms with van der Waals surface area (Å²) < 4.78 is 0. The number of carbonyl (C=O) groups is 1. The van der Waals surface area contributed by atoms with Gasteiger partial charge in [-0.05, 0) is 25.5 Å². The smallest absolute Gasteiger partial charge is 0.259 e. The first-order valence-electron chi connectivity index (χ1n) is 6.52. The molecule has 0 bridgehead atoms. The number of para-hydroxylation sites is 1. The molecule has 0 aliphatic carbocycles. The highest BCUT2D eigenvalue weighted by Gasteiger charge is 2.13. The van der Waals surface area contributed by atoms with Crippen molar-refractivity contribution in [1.82, 2.24) is 9.97 Å². The molecule has 0 spiro atoms. The number of aryl methyl sites for hydroxylation is 2. The van der Waals surface area contributed by atoms with Crippen LogP contribution in [0, 0.1) is 6.92 Å². The van der Waals surface area contributed by atoms with Crippen LogP contribution in [-0.2, 0) is 6.42 Å². The number of amides is 1. The number of aromatic amines is 1. The van der Waals surface area contributed by atoms with Crippen molar-refractivity contribution in [2.75, 3.05) is 5.32 Å². The number of nitrogens with zero attached hydrogens (tertiary/aromatic N) is 1. The molecule has 2 aromatic heterocycles. The fourth-order valence-corrected chi connectivity index (χ4v) is 3.15. The number of fused-ring (bicyclic) bond motifs is 1. The van der Waals surface area contributed by atoms with Gasteiger partial charge in [-0.25, -0.2) is 4.98 Å². The van der Waals surface area contributed by atoms with E-state index < -0.39 is 0 Å². The third-order valence-electron chi connectivity index (χ3n) is 3.28. The first kappa shape index (κ1) is 12.9. The number of hydrogen-bond donors (Lipinski definition) is 2. The Bertz CT molecular complexity index is 772. The third kappa shape index (κ3) is 2.20. The normalized spacial score (nSPS) is 10.9. The fraction of sp³-hybridized carbons (Fsp3) is 0.200. The number of hydrogen-bond acceptors (Lipinski definition) is 3. The van der Waals surface area contributed by atoms with E-state index in [2.05, 4.69) is 22.2 Å². The van der Waals surface area contributed by atoms with Gasteiger partial charge in [0.2, 0.25) is 0 Å². The zero-order valence-electron chi connectivity index (χ0n) is 11.4. The van der Waals surface area contributed by atoms with Crippen molar-refractivity contribution in [3.8, 4) is 0 Å². The minimum absolute atomic E-state index is 0.130. The van der Waals surface area contributed by atoms with Crippen LogP contribution in [0.5, 0.6) is 0 Å². The largest absolute Gasteiger partial charge is 0.361 e. The average Bonchev–Trinajstić information content (AvgIpc) is 3.04. The van der Waals surface area contributed by atoms with Gasteiger partial charge in [0.25, 0.3) is 5.91 Å². The average molecular weight is 285 g/mol. The Morgan fingerprint density at radius 2 is 2.25 bits per heavy atom. The lowest BCUT2D eigenvalue weighted by Crippen LogP contribution is -2.12. The highest BCUT2D eigenvalue weighted by molar-refractivity contribution is 7.15. The molecule has 0 fully saturated rings. The summed E-state index contributed by atoms with van der Waals surface area (Å²) in [5, 5.41) is 4.57. The van der Waals surface area contributed by atoms with E-state index in [-0.39, 0.29) is 5.91 Å². The summed E-state index contributed by atoms with van der Waals surface area (Å²) in [5.74, 6) is -0.130. The topological polar surface area (TPSA) is 57.8 Å². The van der Waals surface area contributed by atoms with Gasteiger partial charge in [0.15, 0.2) is 5.13 Å². The molecular formula is C15H15N3OS. The Morgan fingerprint density at radius 1 is 1.40 bits per heavy atom. The number of thiazole rings is 1. The van der Waals surface area contributed by atoms with Crippen molar-refractivity contribution >= 4 is 33.3 Å². The van der Waals surface area contributed by atoms with Crippen LogP contribution in [0.1, 0.15) is 27.9 Å². The summed E-state index contributed by atoms with van der Waals surface area (Å²) in [6, 6.07) is 7.63. The second-order valence-electron chi connectivity index (χ2n) is 4.58. The monoisotopic (exact) mass is 285 g/mol. The van der Waals surface area contributed by atoms with Gasteiger partial charge in [-0.1, -0.05) is 19.1 Å². The second-order valence-corrected chi connectivity index (χ2v) is 5.78. The van der Waals surface area contributed by atoms with Crippen molar-refractivity contribution in [3.63, 3.8) is 0 Å². The van der Waals surface area contributed by atoms with E-state index in [9.17, 15) is 4.79 Å². The van der Waals surface area contributed by atoms with Gasteiger partial charge >= 0.3 is 0 Å². The van der Waals surface area contributed by atoms with Crippen molar-refractivity contribution in [3.05, 3.63) is 46.6 Å². The molecule has 0 radical (unpaired) electrons. The second kappa shape index (κ2) is 5.09. The maximum absolute atomic E-state index is 12.4. The molecule has 0 aliphatic heterocycles. The van der Waals surface area contributed by atoms with Gasteiger partial charge in [-0.15, -0.1) is 11.3 Å². The Hall–Kier alpha value is -2.14. The zero-order chi connectivity index (χ0) is 14.1. The summed E-state index contributed by atoms with van der Waals surface area (Å²) in [7, 11) is 0. The van der Waals surface area contributed by atoms with Gasteiger partial charge < -0.3 is 4.98 Å². The van der Waals surface area contributed by atoms with E-state index in [4.69, 9.17) is 0 Å². The summed E-state index contributed by atoms with van der Waals surface area (Å²) in [6.07, 6.45) is 2.72. The minimum atomic E-state index is -0.130. The van der Waals surface area contributed by atoms with Crippen molar-refractivity contribution in [1.29, 1.82) is 0 Å². The predicted octanol–water partition coefficient (Wildman–Crippen LogP) is 3.75. The lowest BCUT2D eigenvalue weighted by molar-refractivity contribution is 0.102. The third-order valence-corrected chi connectivity index (χ3v) is 4.21. The highest BCUT2D eigenvalue weighted by atomic mass is 32.1. The lowest BCUT2D eigenvalue weighted by Gasteiger charge is -2.03. The Labute approximate surface area is 120 Å². The van der Waals surface area contributed by atoms with Crippen molar-refractivity contribution < 1.29 is 4.79 Å². The molecule has 0 saturated carbocycles. The molecule has 20 heavy (non-hydrogen) atoms. The summed E-state index contributed by atoms with van der Waals surface area (Å²) in [6.45, 7) is 4.09. The van der Waals surface area contributed by atoms with Gasteiger partial charge in [0, 0.05) is 16.5 Å². The van der Waals surface area contributed by atoms with Crippen LogP contribution in [-0.4, -0.2) is 15.9 Å². The number of nitrogens with one attached hydrogen (secondary N) is 2. The number of carbonyl (C=O) groups excluding carboxylic acids is 1. The van der Waals surface area contributed by atoms with Crippen molar-refractivity contribution in [2.24, 2.45) is 0 Å². The predicted molar refractivity (Wildman–Crippen MR) is 82.5 cm³/mol. The summed E-state index contributed by atoms with van der Waals surface area (Å²) in [4.78, 5) is 21.1. The van der Waals surface area contributed by atoms with Gasteiger partial charge in [0.05, 0.1) is 16.8 Å². The Balaban J connectivity index is 1.91. The lowest BCUT2D eigenvalue weighted by atomic mass is 10.1. The van der Waals surface area contributed by atoms with Gasteiger partial charge in [0.1, 0.15) is 0 Å². The molecule has 0 saturated heterocycles. The van der Waals surface area contributed by atoms with Gasteiger partial charge in [-0.3, -0.25) is 10.1 Å². The van der Waals surface area contributed by atoms with Crippen LogP contribution >= 0.6 is 11.3 Å². The standard InChI is InChI=1S/C15H15N3OS/c1-3-12-9(2)20-15(17-12)18-14(19)11-6-4-5-10-7-8-16-13(10)11/h4-8,16H,3H2,1-2H3,(H,17,18,19). The summed E-state index contributed by atoms with van der Waals surface area (Å²) in [5.41, 5.74) is 2.54. The Kier molecular flexibility index (Phi) is 3.28. The first-order chi connectivity index (χ1) is 9.69. The van der Waals surface area contributed by atoms with E-state index in [0.717, 1.165) is 27.9 Å². The number of anilines is 1. The van der Waals surface area contributed by atoms with Crippen LogP contribution in [0.15, 0.2) is 30.5 Å². The maximum Gasteiger partial charge on any atom is 0.259 e. The van der Waals surface area contributed by atoms with E-state index in [1.54, 1.807) is 0 Å². The molecule has 1 aromatic carbocycles.